The first-order valence-corrected chi connectivity index (χ1v) is 15.1. The minimum atomic E-state index is -1.01. The predicted octanol–water partition coefficient (Wildman–Crippen LogP) is 8.24. The lowest BCUT2D eigenvalue weighted by atomic mass is 9.79. The van der Waals surface area contributed by atoms with Crippen LogP contribution in [-0.4, -0.2) is 29.5 Å². The van der Waals surface area contributed by atoms with Crippen LogP contribution in [0.2, 0.25) is 0 Å². The molecule has 0 radical (unpaired) electrons. The second-order valence-electron chi connectivity index (χ2n) is 12.9. The average Bonchev–Trinajstić information content (AvgIpc) is 2.93. The van der Waals surface area contributed by atoms with Crippen molar-refractivity contribution >= 4 is 38.5 Å². The van der Waals surface area contributed by atoms with Gasteiger partial charge < -0.3 is 15.2 Å². The Morgan fingerprint density at radius 2 is 1.48 bits per heavy atom. The SMILES string of the molecule is CC(C)(C)c1cc(C(=O)CNCc2ccc3c(Br)c(OC(Cc4ccccc4)C(=O)O)ccc3c2)cc(C(C)(C)C)c1. The maximum Gasteiger partial charge on any atom is 0.345 e. The molecule has 42 heavy (non-hydrogen) atoms. The first-order valence-electron chi connectivity index (χ1n) is 14.3. The summed E-state index contributed by atoms with van der Waals surface area (Å²) < 4.78 is 6.66. The van der Waals surface area contributed by atoms with Crippen LogP contribution >= 0.6 is 15.9 Å². The lowest BCUT2D eigenvalue weighted by Crippen LogP contribution is -2.29. The van der Waals surface area contributed by atoms with E-state index in [0.29, 0.717) is 16.8 Å². The van der Waals surface area contributed by atoms with Gasteiger partial charge in [-0.25, -0.2) is 4.79 Å². The van der Waals surface area contributed by atoms with E-state index >= 15 is 0 Å². The van der Waals surface area contributed by atoms with Crippen LogP contribution in [0, 0.1) is 0 Å². The summed E-state index contributed by atoms with van der Waals surface area (Å²) in [5, 5.41) is 15.0. The number of nitrogens with one attached hydrogen (secondary N) is 1. The quantitative estimate of drug-likeness (QED) is 0.173. The van der Waals surface area contributed by atoms with Gasteiger partial charge in [-0.05, 0) is 84.1 Å². The number of carboxylic acids is 1. The van der Waals surface area contributed by atoms with Crippen molar-refractivity contribution in [2.45, 2.75) is 71.4 Å². The standard InChI is InChI=1S/C36H40BrNO4/c1-35(2,3)27-18-26(19-28(20-27)36(4,5)6)30(39)22-38-21-24-12-14-29-25(16-24)13-15-31(33(29)37)42-32(34(40)41)17-23-10-8-7-9-11-23/h7-16,18-20,32,38H,17,21-22H2,1-6H3,(H,40,41). The number of fused-ring (bicyclic) bond motifs is 1. The van der Waals surface area contributed by atoms with Gasteiger partial charge >= 0.3 is 5.97 Å². The molecule has 1 atom stereocenters. The maximum atomic E-state index is 13.2. The fraction of sp³-hybridized carbons (Fsp3) is 0.333. The number of ketones is 1. The molecule has 0 bridgehead atoms. The molecule has 0 heterocycles. The molecule has 5 nitrogen and oxygen atoms in total. The zero-order valence-electron chi connectivity index (χ0n) is 25.3. The number of aliphatic carboxylic acids is 1. The van der Waals surface area contributed by atoms with E-state index in [0.717, 1.165) is 38.6 Å². The molecule has 0 amide bonds. The highest BCUT2D eigenvalue weighted by molar-refractivity contribution is 9.10. The maximum absolute atomic E-state index is 13.2. The molecule has 0 fully saturated rings. The molecule has 2 N–H and O–H groups in total. The summed E-state index contributed by atoms with van der Waals surface area (Å²) in [7, 11) is 0. The normalized spacial score (nSPS) is 12.7. The third-order valence-electron chi connectivity index (χ3n) is 7.39. The van der Waals surface area contributed by atoms with Gasteiger partial charge in [0.05, 0.1) is 11.0 Å². The van der Waals surface area contributed by atoms with Crippen LogP contribution in [-0.2, 0) is 28.6 Å². The molecule has 0 aliphatic carbocycles. The molecule has 0 aliphatic rings. The fourth-order valence-corrected chi connectivity index (χ4v) is 5.35. The van der Waals surface area contributed by atoms with Crippen molar-refractivity contribution in [2.24, 2.45) is 0 Å². The van der Waals surface area contributed by atoms with Gasteiger partial charge in [-0.3, -0.25) is 4.79 Å². The Labute approximate surface area is 257 Å². The molecule has 6 heteroatoms. The van der Waals surface area contributed by atoms with E-state index in [1.807, 2.05) is 60.7 Å². The van der Waals surface area contributed by atoms with Crippen LogP contribution in [0.3, 0.4) is 0 Å². The Kier molecular flexibility index (Phi) is 9.59. The van der Waals surface area contributed by atoms with Gasteiger partial charge in [0.25, 0.3) is 0 Å². The van der Waals surface area contributed by atoms with Gasteiger partial charge in [0.1, 0.15) is 5.75 Å². The minimum absolute atomic E-state index is 0.0512. The predicted molar refractivity (Wildman–Crippen MR) is 174 cm³/mol. The highest BCUT2D eigenvalue weighted by Gasteiger charge is 2.23. The molecule has 4 aromatic rings. The molecular formula is C36H40BrNO4. The van der Waals surface area contributed by atoms with Crippen molar-refractivity contribution in [1.29, 1.82) is 0 Å². The van der Waals surface area contributed by atoms with Crippen molar-refractivity contribution in [1.82, 2.24) is 5.32 Å². The molecule has 4 aromatic carbocycles. The average molecular weight is 631 g/mol. The lowest BCUT2D eigenvalue weighted by molar-refractivity contribution is -0.145. The first kappa shape index (κ1) is 31.5. The van der Waals surface area contributed by atoms with Gasteiger partial charge in [-0.15, -0.1) is 0 Å². The van der Waals surface area contributed by atoms with Crippen molar-refractivity contribution in [3.05, 3.63) is 111 Å². The van der Waals surface area contributed by atoms with Crippen molar-refractivity contribution in [3.63, 3.8) is 0 Å². The van der Waals surface area contributed by atoms with E-state index in [1.165, 1.54) is 0 Å². The van der Waals surface area contributed by atoms with E-state index in [4.69, 9.17) is 4.74 Å². The number of Topliss-reactive ketones (excluding diaryl/α,β-unsaturated/α-hetero) is 1. The number of ether oxygens (including phenoxy) is 1. The van der Waals surface area contributed by atoms with Crippen LogP contribution < -0.4 is 10.1 Å². The number of benzene rings is 4. The topological polar surface area (TPSA) is 75.6 Å². The summed E-state index contributed by atoms with van der Waals surface area (Å²) in [5.41, 5.74) is 4.90. The van der Waals surface area contributed by atoms with Gasteiger partial charge in [0.2, 0.25) is 0 Å². The van der Waals surface area contributed by atoms with Gasteiger partial charge in [0, 0.05) is 18.5 Å². The van der Waals surface area contributed by atoms with E-state index in [9.17, 15) is 14.7 Å². The van der Waals surface area contributed by atoms with Crippen LogP contribution in [0.5, 0.6) is 5.75 Å². The molecule has 0 aliphatic heterocycles. The number of hydrogen-bond donors (Lipinski definition) is 2. The number of carboxylic acid groups (broad SMARTS) is 1. The monoisotopic (exact) mass is 629 g/mol. The Morgan fingerprint density at radius 3 is 2.07 bits per heavy atom. The lowest BCUT2D eigenvalue weighted by Gasteiger charge is -2.26. The molecule has 0 aromatic heterocycles. The fourth-order valence-electron chi connectivity index (χ4n) is 4.76. The van der Waals surface area contributed by atoms with E-state index < -0.39 is 12.1 Å². The molecule has 0 saturated carbocycles. The van der Waals surface area contributed by atoms with Crippen molar-refractivity contribution in [2.75, 3.05) is 6.54 Å². The van der Waals surface area contributed by atoms with Crippen LogP contribution in [0.4, 0.5) is 0 Å². The molecular weight excluding hydrogens is 590 g/mol. The zero-order valence-corrected chi connectivity index (χ0v) is 26.8. The molecule has 4 rings (SSSR count). The summed E-state index contributed by atoms with van der Waals surface area (Å²) in [4.78, 5) is 25.1. The zero-order chi connectivity index (χ0) is 30.7. The third kappa shape index (κ3) is 7.87. The Bertz CT molecular complexity index is 1550. The highest BCUT2D eigenvalue weighted by atomic mass is 79.9. The van der Waals surface area contributed by atoms with Crippen LogP contribution in [0.15, 0.2) is 83.3 Å². The van der Waals surface area contributed by atoms with E-state index in [-0.39, 0.29) is 29.6 Å². The second-order valence-corrected chi connectivity index (χ2v) is 13.7. The summed E-state index contributed by atoms with van der Waals surface area (Å²) >= 11 is 3.63. The second kappa shape index (κ2) is 12.8. The first-order chi connectivity index (χ1) is 19.7. The largest absolute Gasteiger partial charge is 0.478 e. The molecule has 1 unspecified atom stereocenters. The number of carbonyl (C=O) groups is 2. The number of carbonyl (C=O) groups excluding carboxylic acids is 1. The molecule has 220 valence electrons. The Hall–Kier alpha value is -3.48. The van der Waals surface area contributed by atoms with Crippen LogP contribution in [0.25, 0.3) is 10.8 Å². The van der Waals surface area contributed by atoms with Gasteiger partial charge in [-0.1, -0.05) is 96.1 Å². The molecule has 0 spiro atoms. The van der Waals surface area contributed by atoms with Crippen molar-refractivity contribution < 1.29 is 19.4 Å². The van der Waals surface area contributed by atoms with Crippen LogP contribution in [0.1, 0.15) is 74.2 Å². The number of hydrogen-bond acceptors (Lipinski definition) is 4. The summed E-state index contributed by atoms with van der Waals surface area (Å²) in [6.07, 6.45) is -0.743. The van der Waals surface area contributed by atoms with Gasteiger partial charge in [0.15, 0.2) is 11.9 Å². The Balaban J connectivity index is 1.45. The third-order valence-corrected chi connectivity index (χ3v) is 8.21. The number of rotatable bonds is 10. The summed E-state index contributed by atoms with van der Waals surface area (Å²) in [6.45, 7) is 13.8. The Morgan fingerprint density at radius 1 is 0.833 bits per heavy atom. The molecule has 0 saturated heterocycles. The van der Waals surface area contributed by atoms with Crippen molar-refractivity contribution in [3.8, 4) is 5.75 Å². The van der Waals surface area contributed by atoms with E-state index in [2.05, 4.69) is 74.9 Å². The van der Waals surface area contributed by atoms with E-state index in [1.54, 1.807) is 6.07 Å². The smallest absolute Gasteiger partial charge is 0.345 e. The minimum Gasteiger partial charge on any atom is -0.478 e. The highest BCUT2D eigenvalue weighted by Crippen LogP contribution is 2.35. The number of halogens is 1. The van der Waals surface area contributed by atoms with Gasteiger partial charge in [-0.2, -0.15) is 0 Å². The summed E-state index contributed by atoms with van der Waals surface area (Å²) in [5.74, 6) is -0.462. The summed E-state index contributed by atoms with van der Waals surface area (Å²) in [6, 6.07) is 25.5.